The fourth-order valence-electron chi connectivity index (χ4n) is 1.02. The van der Waals surface area contributed by atoms with Crippen LogP contribution in [-0.4, -0.2) is 30.8 Å². The quantitative estimate of drug-likeness (QED) is 0.690. The van der Waals surface area contributed by atoms with Gasteiger partial charge in [0, 0.05) is 4.88 Å². The Labute approximate surface area is 83.2 Å². The largest absolute Gasteiger partial charge is 0.299 e. The molecule has 0 unspecified atom stereocenters. The predicted molar refractivity (Wildman–Crippen MR) is 56.6 cm³/mol. The number of carbonyl (C=O) groups excluding carboxylic acids is 1. The van der Waals surface area contributed by atoms with Crippen LogP contribution in [0.2, 0.25) is 0 Å². The van der Waals surface area contributed by atoms with Gasteiger partial charge in [-0.05, 0) is 32.6 Å². The van der Waals surface area contributed by atoms with Gasteiger partial charge in [0.1, 0.15) is 0 Å². The smallest absolute Gasteiger partial charge is 0.186 e. The number of hydrogen-bond acceptors (Lipinski definition) is 3. The number of nitrogens with zero attached hydrogens (tertiary/aromatic N) is 1. The second-order valence-corrected chi connectivity index (χ2v) is 4.45. The molecule has 0 atom stereocenters. The zero-order valence-electron chi connectivity index (χ0n) is 8.33. The number of thiophene rings is 1. The zero-order valence-corrected chi connectivity index (χ0v) is 9.15. The van der Waals surface area contributed by atoms with E-state index >= 15 is 0 Å². The van der Waals surface area contributed by atoms with Gasteiger partial charge in [-0.1, -0.05) is 6.92 Å². The van der Waals surface area contributed by atoms with Crippen LogP contribution in [0.3, 0.4) is 0 Å². The van der Waals surface area contributed by atoms with E-state index in [1.165, 1.54) is 4.88 Å². The van der Waals surface area contributed by atoms with E-state index in [4.69, 9.17) is 0 Å². The summed E-state index contributed by atoms with van der Waals surface area (Å²) in [6, 6.07) is 3.90. The second-order valence-electron chi connectivity index (χ2n) is 3.16. The molecule has 0 radical (unpaired) electrons. The summed E-state index contributed by atoms with van der Waals surface area (Å²) in [6.45, 7) is 5.50. The molecule has 0 aliphatic heterocycles. The van der Waals surface area contributed by atoms with E-state index in [0.29, 0.717) is 6.54 Å². The molecule has 1 aromatic heterocycles. The third-order valence-electron chi connectivity index (χ3n) is 1.97. The minimum Gasteiger partial charge on any atom is -0.299 e. The van der Waals surface area contributed by atoms with Gasteiger partial charge in [-0.2, -0.15) is 0 Å². The van der Waals surface area contributed by atoms with Gasteiger partial charge in [0.15, 0.2) is 5.78 Å². The molecule has 0 N–H and O–H groups in total. The Morgan fingerprint density at radius 3 is 2.69 bits per heavy atom. The fraction of sp³-hybridized carbons (Fsp3) is 0.500. The summed E-state index contributed by atoms with van der Waals surface area (Å²) < 4.78 is 0. The minimum absolute atomic E-state index is 0.224. The fourth-order valence-corrected chi connectivity index (χ4v) is 1.82. The monoisotopic (exact) mass is 197 g/mol. The first kappa shape index (κ1) is 10.4. The summed E-state index contributed by atoms with van der Waals surface area (Å²) in [5.41, 5.74) is 0. The van der Waals surface area contributed by atoms with Crippen LogP contribution in [0.1, 0.15) is 21.5 Å². The molecule has 1 aromatic rings. The van der Waals surface area contributed by atoms with E-state index in [-0.39, 0.29) is 5.78 Å². The van der Waals surface area contributed by atoms with Crippen molar-refractivity contribution in [2.75, 3.05) is 20.1 Å². The first-order chi connectivity index (χ1) is 6.13. The SMILES string of the molecule is CCN(C)CC(=O)c1ccc(C)s1. The molecule has 1 heterocycles. The molecule has 0 aliphatic carbocycles. The van der Waals surface area contributed by atoms with Gasteiger partial charge in [-0.25, -0.2) is 0 Å². The summed E-state index contributed by atoms with van der Waals surface area (Å²) >= 11 is 1.57. The Morgan fingerprint density at radius 2 is 2.23 bits per heavy atom. The number of rotatable bonds is 4. The molecule has 0 fully saturated rings. The molecule has 0 aliphatic rings. The maximum absolute atomic E-state index is 11.6. The molecule has 0 bridgehead atoms. The van der Waals surface area contributed by atoms with Crippen molar-refractivity contribution < 1.29 is 4.79 Å². The van der Waals surface area contributed by atoms with Gasteiger partial charge < -0.3 is 0 Å². The molecule has 2 nitrogen and oxygen atoms in total. The van der Waals surface area contributed by atoms with Crippen LogP contribution in [0.4, 0.5) is 0 Å². The molecule has 0 spiro atoms. The highest BCUT2D eigenvalue weighted by Crippen LogP contribution is 2.15. The molecule has 0 aromatic carbocycles. The summed E-state index contributed by atoms with van der Waals surface area (Å²) in [4.78, 5) is 15.7. The lowest BCUT2D eigenvalue weighted by molar-refractivity contribution is 0.0953. The number of ketones is 1. The number of Topliss-reactive ketones (excluding diaryl/α,β-unsaturated/α-hetero) is 1. The average Bonchev–Trinajstić information content (AvgIpc) is 2.51. The second kappa shape index (κ2) is 4.53. The van der Waals surface area contributed by atoms with Crippen LogP contribution >= 0.6 is 11.3 Å². The Balaban J connectivity index is 2.58. The van der Waals surface area contributed by atoms with E-state index in [1.807, 2.05) is 37.9 Å². The van der Waals surface area contributed by atoms with Gasteiger partial charge in [-0.15, -0.1) is 11.3 Å². The van der Waals surface area contributed by atoms with Crippen molar-refractivity contribution in [2.24, 2.45) is 0 Å². The highest BCUT2D eigenvalue weighted by molar-refractivity contribution is 7.14. The third-order valence-corrected chi connectivity index (χ3v) is 3.01. The van der Waals surface area contributed by atoms with Crippen LogP contribution in [0.15, 0.2) is 12.1 Å². The van der Waals surface area contributed by atoms with Crippen molar-refractivity contribution in [3.8, 4) is 0 Å². The molecule has 13 heavy (non-hydrogen) atoms. The van der Waals surface area contributed by atoms with Crippen molar-refractivity contribution in [1.82, 2.24) is 4.90 Å². The highest BCUT2D eigenvalue weighted by atomic mass is 32.1. The van der Waals surface area contributed by atoms with E-state index < -0.39 is 0 Å². The van der Waals surface area contributed by atoms with Gasteiger partial charge in [0.25, 0.3) is 0 Å². The average molecular weight is 197 g/mol. The Hall–Kier alpha value is -0.670. The third kappa shape index (κ3) is 2.94. The lowest BCUT2D eigenvalue weighted by atomic mass is 10.3. The van der Waals surface area contributed by atoms with Crippen LogP contribution in [-0.2, 0) is 0 Å². The topological polar surface area (TPSA) is 20.3 Å². The van der Waals surface area contributed by atoms with E-state index in [2.05, 4.69) is 0 Å². The van der Waals surface area contributed by atoms with Crippen molar-refractivity contribution in [3.05, 3.63) is 21.9 Å². The summed E-state index contributed by atoms with van der Waals surface area (Å²) in [5, 5.41) is 0. The zero-order chi connectivity index (χ0) is 9.84. The lowest BCUT2D eigenvalue weighted by Crippen LogP contribution is -2.25. The molecule has 0 amide bonds. The lowest BCUT2D eigenvalue weighted by Gasteiger charge is -2.11. The van der Waals surface area contributed by atoms with E-state index in [9.17, 15) is 4.79 Å². The minimum atomic E-state index is 0.224. The van der Waals surface area contributed by atoms with Crippen LogP contribution in [0.25, 0.3) is 0 Å². The molecule has 3 heteroatoms. The number of carbonyl (C=O) groups is 1. The Morgan fingerprint density at radius 1 is 1.54 bits per heavy atom. The summed E-state index contributed by atoms with van der Waals surface area (Å²) in [5.74, 6) is 0.224. The molecule has 0 saturated heterocycles. The van der Waals surface area contributed by atoms with Crippen LogP contribution in [0.5, 0.6) is 0 Å². The van der Waals surface area contributed by atoms with Gasteiger partial charge in [0.05, 0.1) is 11.4 Å². The van der Waals surface area contributed by atoms with Crippen molar-refractivity contribution in [2.45, 2.75) is 13.8 Å². The van der Waals surface area contributed by atoms with Crippen molar-refractivity contribution in [3.63, 3.8) is 0 Å². The van der Waals surface area contributed by atoms with Gasteiger partial charge >= 0.3 is 0 Å². The normalized spacial score (nSPS) is 10.8. The number of likely N-dealkylation sites (N-methyl/N-ethyl adjacent to an activating group) is 1. The standard InChI is InChI=1S/C10H15NOS/c1-4-11(3)7-9(12)10-6-5-8(2)13-10/h5-6H,4,7H2,1-3H3. The van der Waals surface area contributed by atoms with Crippen LogP contribution < -0.4 is 0 Å². The summed E-state index contributed by atoms with van der Waals surface area (Å²) in [6.07, 6.45) is 0. The molecule has 72 valence electrons. The van der Waals surface area contributed by atoms with Gasteiger partial charge in [-0.3, -0.25) is 9.69 Å². The Bertz CT molecular complexity index is 293. The maximum Gasteiger partial charge on any atom is 0.186 e. The molecular formula is C10H15NOS. The highest BCUT2D eigenvalue weighted by Gasteiger charge is 2.09. The summed E-state index contributed by atoms with van der Waals surface area (Å²) in [7, 11) is 1.96. The first-order valence-corrected chi connectivity index (χ1v) is 5.23. The van der Waals surface area contributed by atoms with Crippen molar-refractivity contribution in [1.29, 1.82) is 0 Å². The molecule has 0 saturated carbocycles. The Kier molecular flexibility index (Phi) is 3.63. The molecule has 1 rings (SSSR count). The molecular weight excluding hydrogens is 182 g/mol. The number of hydrogen-bond donors (Lipinski definition) is 0. The van der Waals surface area contributed by atoms with E-state index in [0.717, 1.165) is 11.4 Å². The van der Waals surface area contributed by atoms with Crippen LogP contribution in [0, 0.1) is 6.92 Å². The number of aryl methyl sites for hydroxylation is 1. The first-order valence-electron chi connectivity index (χ1n) is 4.41. The van der Waals surface area contributed by atoms with E-state index in [1.54, 1.807) is 11.3 Å². The van der Waals surface area contributed by atoms with Crippen molar-refractivity contribution >= 4 is 17.1 Å². The van der Waals surface area contributed by atoms with Gasteiger partial charge in [0.2, 0.25) is 0 Å². The predicted octanol–water partition coefficient (Wildman–Crippen LogP) is 2.19. The maximum atomic E-state index is 11.6.